The number of carbonyl (C=O) groups is 1. The van der Waals surface area contributed by atoms with Crippen LogP contribution in [0.25, 0.3) is 0 Å². The number of rotatable bonds is 1. The summed E-state index contributed by atoms with van der Waals surface area (Å²) in [5.74, 6) is 0.623. The minimum Gasteiger partial charge on any atom is -0.309 e. The van der Waals surface area contributed by atoms with Gasteiger partial charge in [-0.15, -0.1) is 0 Å². The lowest BCUT2D eigenvalue weighted by molar-refractivity contribution is -0.120. The number of carbonyl (C=O) groups excluding carboxylic acids is 1. The summed E-state index contributed by atoms with van der Waals surface area (Å²) in [5, 5.41) is 0. The molecule has 0 aromatic heterocycles. The fourth-order valence-corrected chi connectivity index (χ4v) is 3.35. The quantitative estimate of drug-likeness (QED) is 0.772. The Morgan fingerprint density at radius 2 is 2.19 bits per heavy atom. The number of halogens is 1. The molecule has 1 amide bonds. The zero-order valence-corrected chi connectivity index (χ0v) is 10.6. The van der Waals surface area contributed by atoms with E-state index in [4.69, 9.17) is 0 Å². The standard InChI is InChI=1S/C13H14BrNO/c14-10-4-2-6-12(8-10)15-11-5-1-3-9(7-11)13(15)16/h2,4,6,8-9,11H,1,3,5,7H2/t9-,11+/m0/s1. The Labute approximate surface area is 104 Å². The summed E-state index contributed by atoms with van der Waals surface area (Å²) in [7, 11) is 0. The van der Waals surface area contributed by atoms with Crippen LogP contribution < -0.4 is 4.90 Å². The van der Waals surface area contributed by atoms with E-state index in [1.165, 1.54) is 6.42 Å². The molecule has 1 aliphatic carbocycles. The molecule has 1 heterocycles. The molecule has 3 heteroatoms. The van der Waals surface area contributed by atoms with Crippen LogP contribution in [0.1, 0.15) is 25.7 Å². The van der Waals surface area contributed by atoms with Crippen LogP contribution in [-0.4, -0.2) is 11.9 Å². The number of amides is 1. The first-order chi connectivity index (χ1) is 7.75. The second-order valence-electron chi connectivity index (χ2n) is 4.71. The monoisotopic (exact) mass is 279 g/mol. The van der Waals surface area contributed by atoms with Crippen molar-refractivity contribution in [3.8, 4) is 0 Å². The largest absolute Gasteiger partial charge is 0.309 e. The van der Waals surface area contributed by atoms with Crippen LogP contribution in [0.3, 0.4) is 0 Å². The molecule has 1 aliphatic heterocycles. The van der Waals surface area contributed by atoms with E-state index in [0.29, 0.717) is 11.9 Å². The van der Waals surface area contributed by atoms with E-state index < -0.39 is 0 Å². The van der Waals surface area contributed by atoms with Gasteiger partial charge in [0.25, 0.3) is 0 Å². The molecule has 0 unspecified atom stereocenters. The lowest BCUT2D eigenvalue weighted by atomic mass is 9.90. The molecule has 0 spiro atoms. The van der Waals surface area contributed by atoms with Gasteiger partial charge in [0, 0.05) is 22.1 Å². The molecule has 0 radical (unpaired) electrons. The smallest absolute Gasteiger partial charge is 0.230 e. The van der Waals surface area contributed by atoms with Gasteiger partial charge in [0.15, 0.2) is 0 Å². The van der Waals surface area contributed by atoms with Crippen molar-refractivity contribution >= 4 is 27.5 Å². The lowest BCUT2D eigenvalue weighted by Gasteiger charge is -2.24. The molecule has 2 nitrogen and oxygen atoms in total. The predicted octanol–water partition coefficient (Wildman–Crippen LogP) is 3.35. The Kier molecular flexibility index (Phi) is 2.51. The van der Waals surface area contributed by atoms with Crippen LogP contribution in [0, 0.1) is 5.92 Å². The number of hydrogen-bond donors (Lipinski definition) is 0. The highest BCUT2D eigenvalue weighted by Gasteiger charge is 2.42. The van der Waals surface area contributed by atoms with Gasteiger partial charge in [-0.2, -0.15) is 0 Å². The fourth-order valence-electron chi connectivity index (χ4n) is 2.96. The van der Waals surface area contributed by atoms with Gasteiger partial charge in [0.1, 0.15) is 0 Å². The van der Waals surface area contributed by atoms with E-state index in [0.717, 1.165) is 29.4 Å². The van der Waals surface area contributed by atoms with Crippen molar-refractivity contribution in [2.75, 3.05) is 4.90 Å². The van der Waals surface area contributed by atoms with Gasteiger partial charge in [-0.1, -0.05) is 28.4 Å². The van der Waals surface area contributed by atoms with Crippen molar-refractivity contribution < 1.29 is 4.79 Å². The lowest BCUT2D eigenvalue weighted by Crippen LogP contribution is -2.32. The van der Waals surface area contributed by atoms with E-state index in [9.17, 15) is 4.79 Å². The molecule has 16 heavy (non-hydrogen) atoms. The Morgan fingerprint density at radius 3 is 2.94 bits per heavy atom. The third-order valence-electron chi connectivity index (χ3n) is 3.68. The van der Waals surface area contributed by atoms with Crippen LogP contribution in [0.5, 0.6) is 0 Å². The van der Waals surface area contributed by atoms with Gasteiger partial charge in [-0.05, 0) is 37.5 Å². The highest BCUT2D eigenvalue weighted by atomic mass is 79.9. The normalized spacial score (nSPS) is 28.6. The third-order valence-corrected chi connectivity index (χ3v) is 4.18. The maximum Gasteiger partial charge on any atom is 0.230 e. The number of anilines is 1. The van der Waals surface area contributed by atoms with Crippen LogP contribution in [0.15, 0.2) is 28.7 Å². The number of benzene rings is 1. The van der Waals surface area contributed by atoms with Crippen LogP contribution in [0.4, 0.5) is 5.69 Å². The molecule has 84 valence electrons. The molecule has 0 N–H and O–H groups in total. The van der Waals surface area contributed by atoms with Gasteiger partial charge in [0.05, 0.1) is 0 Å². The van der Waals surface area contributed by atoms with Crippen molar-refractivity contribution in [2.45, 2.75) is 31.7 Å². The maximum atomic E-state index is 12.2. The number of fused-ring (bicyclic) bond motifs is 2. The summed E-state index contributed by atoms with van der Waals surface area (Å²) >= 11 is 3.46. The van der Waals surface area contributed by atoms with Crippen molar-refractivity contribution in [3.05, 3.63) is 28.7 Å². The maximum absolute atomic E-state index is 12.2. The molecule has 2 fully saturated rings. The van der Waals surface area contributed by atoms with Crippen molar-refractivity contribution in [3.63, 3.8) is 0 Å². The van der Waals surface area contributed by atoms with E-state index in [2.05, 4.69) is 15.9 Å². The molecule has 1 aromatic carbocycles. The molecule has 2 bridgehead atoms. The van der Waals surface area contributed by atoms with Gasteiger partial charge in [0.2, 0.25) is 5.91 Å². The summed E-state index contributed by atoms with van der Waals surface area (Å²) in [6.07, 6.45) is 4.51. The zero-order chi connectivity index (χ0) is 11.1. The highest BCUT2D eigenvalue weighted by Crippen LogP contribution is 2.39. The molecular formula is C13H14BrNO. The summed E-state index contributed by atoms with van der Waals surface area (Å²) in [6.45, 7) is 0. The first kappa shape index (κ1) is 10.3. The second kappa shape index (κ2) is 3.88. The average molecular weight is 280 g/mol. The number of nitrogens with zero attached hydrogens (tertiary/aromatic N) is 1. The van der Waals surface area contributed by atoms with Gasteiger partial charge < -0.3 is 4.90 Å². The first-order valence-electron chi connectivity index (χ1n) is 5.84. The highest BCUT2D eigenvalue weighted by molar-refractivity contribution is 9.10. The molecule has 3 rings (SSSR count). The second-order valence-corrected chi connectivity index (χ2v) is 5.62. The first-order valence-corrected chi connectivity index (χ1v) is 6.63. The predicted molar refractivity (Wildman–Crippen MR) is 67.4 cm³/mol. The zero-order valence-electron chi connectivity index (χ0n) is 9.03. The Balaban J connectivity index is 1.97. The minimum atomic E-state index is 0.290. The van der Waals surface area contributed by atoms with Gasteiger partial charge >= 0.3 is 0 Å². The van der Waals surface area contributed by atoms with E-state index >= 15 is 0 Å². The summed E-state index contributed by atoms with van der Waals surface area (Å²) < 4.78 is 1.04. The van der Waals surface area contributed by atoms with Crippen molar-refractivity contribution in [1.82, 2.24) is 0 Å². The van der Waals surface area contributed by atoms with Crippen LogP contribution >= 0.6 is 15.9 Å². The molecule has 1 aromatic rings. The Bertz CT molecular complexity index is 432. The van der Waals surface area contributed by atoms with Gasteiger partial charge in [-0.25, -0.2) is 0 Å². The van der Waals surface area contributed by atoms with Crippen LogP contribution in [0.2, 0.25) is 0 Å². The molecule has 2 atom stereocenters. The van der Waals surface area contributed by atoms with Crippen LogP contribution in [-0.2, 0) is 4.79 Å². The fraction of sp³-hybridized carbons (Fsp3) is 0.462. The summed E-state index contributed by atoms with van der Waals surface area (Å²) in [4.78, 5) is 14.2. The van der Waals surface area contributed by atoms with Gasteiger partial charge in [-0.3, -0.25) is 4.79 Å². The molecular weight excluding hydrogens is 266 g/mol. The minimum absolute atomic E-state index is 0.290. The van der Waals surface area contributed by atoms with E-state index in [1.54, 1.807) is 0 Å². The van der Waals surface area contributed by atoms with E-state index in [1.807, 2.05) is 29.2 Å². The Morgan fingerprint density at radius 1 is 1.31 bits per heavy atom. The third kappa shape index (κ3) is 1.58. The Hall–Kier alpha value is -0.830. The SMILES string of the molecule is O=C1[C@H]2CCC[C@H](C2)N1c1cccc(Br)c1. The van der Waals surface area contributed by atoms with E-state index in [-0.39, 0.29) is 5.92 Å². The topological polar surface area (TPSA) is 20.3 Å². The van der Waals surface area contributed by atoms with Crippen molar-refractivity contribution in [1.29, 1.82) is 0 Å². The average Bonchev–Trinajstić information content (AvgIpc) is 2.50. The number of hydrogen-bond acceptors (Lipinski definition) is 1. The summed E-state index contributed by atoms with van der Waals surface area (Å²) in [6, 6.07) is 8.51. The molecule has 1 saturated heterocycles. The molecule has 2 aliphatic rings. The molecule has 1 saturated carbocycles. The van der Waals surface area contributed by atoms with Crippen molar-refractivity contribution in [2.24, 2.45) is 5.92 Å². The summed E-state index contributed by atoms with van der Waals surface area (Å²) in [5.41, 5.74) is 1.05.